The number of para-hydroxylation sites is 2. The quantitative estimate of drug-likeness (QED) is 0.102. The molecule has 0 bridgehead atoms. The summed E-state index contributed by atoms with van der Waals surface area (Å²) in [6, 6.07) is 20.2. The summed E-state index contributed by atoms with van der Waals surface area (Å²) in [6.07, 6.45) is 1.14. The largest absolute Gasteiger partial charge is 0.502 e. The number of rotatable bonds is 10. The Bertz CT molecular complexity index is 1490. The number of hydrogen-bond acceptors (Lipinski definition) is 9. The molecule has 0 fully saturated rings. The summed E-state index contributed by atoms with van der Waals surface area (Å²) in [4.78, 5) is 22.8. The molecule has 194 valence electrons. The summed E-state index contributed by atoms with van der Waals surface area (Å²) >= 11 is 4.34. The number of phenolic OH excluding ortho intramolecular Hbond substituents is 1. The van der Waals surface area contributed by atoms with Crippen molar-refractivity contribution in [3.8, 4) is 11.4 Å². The Morgan fingerprint density at radius 1 is 1.18 bits per heavy atom. The maximum absolute atomic E-state index is 12.4. The summed E-state index contributed by atoms with van der Waals surface area (Å²) in [5, 5.41) is 37.5. The molecule has 1 amide bonds. The first-order valence-corrected chi connectivity index (χ1v) is 13.0. The van der Waals surface area contributed by atoms with Crippen molar-refractivity contribution in [1.29, 1.82) is 0 Å². The van der Waals surface area contributed by atoms with Crippen LogP contribution < -0.4 is 10.7 Å². The molecular weight excluding hydrogens is 574 g/mol. The van der Waals surface area contributed by atoms with Crippen molar-refractivity contribution in [3.63, 3.8) is 0 Å². The zero-order chi connectivity index (χ0) is 27.1. The van der Waals surface area contributed by atoms with Gasteiger partial charge in [0.2, 0.25) is 5.75 Å². The van der Waals surface area contributed by atoms with E-state index in [1.54, 1.807) is 0 Å². The SMILES string of the molecule is Cc1ccccc1NCc1nnc(SCC(=O)NN=Cc2cc(Br)cc([N+](=O)[O-])c2O)n1-c1ccccc1. The number of nitro groups is 1. The van der Waals surface area contributed by atoms with Crippen LogP contribution in [0.25, 0.3) is 5.69 Å². The first-order valence-electron chi connectivity index (χ1n) is 11.2. The van der Waals surface area contributed by atoms with Crippen molar-refractivity contribution in [3.05, 3.63) is 98.3 Å². The van der Waals surface area contributed by atoms with Crippen LogP contribution in [0.5, 0.6) is 5.75 Å². The van der Waals surface area contributed by atoms with E-state index in [-0.39, 0.29) is 11.3 Å². The van der Waals surface area contributed by atoms with Crippen LogP contribution in [0.4, 0.5) is 11.4 Å². The summed E-state index contributed by atoms with van der Waals surface area (Å²) in [6.45, 7) is 2.44. The van der Waals surface area contributed by atoms with Gasteiger partial charge in [-0.3, -0.25) is 19.5 Å². The molecule has 0 saturated carbocycles. The topological polar surface area (TPSA) is 148 Å². The predicted molar refractivity (Wildman–Crippen MR) is 149 cm³/mol. The second-order valence-corrected chi connectivity index (χ2v) is 9.80. The second-order valence-electron chi connectivity index (χ2n) is 7.94. The smallest absolute Gasteiger partial charge is 0.312 e. The molecule has 13 heteroatoms. The lowest BCUT2D eigenvalue weighted by Gasteiger charge is -2.12. The fraction of sp³-hybridized carbons (Fsp3) is 0.120. The van der Waals surface area contributed by atoms with Gasteiger partial charge in [0, 0.05) is 27.5 Å². The lowest BCUT2D eigenvalue weighted by molar-refractivity contribution is -0.385. The number of phenols is 1. The maximum Gasteiger partial charge on any atom is 0.312 e. The number of thioether (sulfide) groups is 1. The van der Waals surface area contributed by atoms with Crippen LogP contribution in [0.15, 0.2) is 81.5 Å². The van der Waals surface area contributed by atoms with Crippen molar-refractivity contribution in [2.75, 3.05) is 11.1 Å². The number of benzene rings is 3. The van der Waals surface area contributed by atoms with Crippen LogP contribution >= 0.6 is 27.7 Å². The molecule has 0 saturated heterocycles. The number of nitro benzene ring substituents is 1. The Labute approximate surface area is 230 Å². The molecule has 0 aliphatic carbocycles. The first kappa shape index (κ1) is 26.8. The molecule has 0 atom stereocenters. The van der Waals surface area contributed by atoms with E-state index in [1.807, 2.05) is 66.1 Å². The van der Waals surface area contributed by atoms with Crippen molar-refractivity contribution in [2.24, 2.45) is 5.10 Å². The van der Waals surface area contributed by atoms with Gasteiger partial charge in [-0.2, -0.15) is 5.10 Å². The molecule has 3 aromatic carbocycles. The molecule has 0 spiro atoms. The van der Waals surface area contributed by atoms with E-state index in [0.29, 0.717) is 22.0 Å². The van der Waals surface area contributed by atoms with Crippen molar-refractivity contribution in [1.82, 2.24) is 20.2 Å². The summed E-state index contributed by atoms with van der Waals surface area (Å²) in [7, 11) is 0. The number of amides is 1. The van der Waals surface area contributed by atoms with Crippen LogP contribution in [0.3, 0.4) is 0 Å². The van der Waals surface area contributed by atoms with Gasteiger partial charge >= 0.3 is 5.69 Å². The van der Waals surface area contributed by atoms with Gasteiger partial charge in [0.15, 0.2) is 11.0 Å². The standard InChI is InChI=1S/C25H22BrN7O4S/c1-16-7-5-6-10-20(16)27-14-22-29-31-25(32(22)19-8-3-2-4-9-19)38-15-23(34)30-28-13-17-11-18(26)12-21(24(17)35)33(36)37/h2-13,27,35H,14-15H2,1H3,(H,30,34). The van der Waals surface area contributed by atoms with E-state index >= 15 is 0 Å². The van der Waals surface area contributed by atoms with Crippen LogP contribution in [0, 0.1) is 17.0 Å². The van der Waals surface area contributed by atoms with Gasteiger partial charge in [-0.25, -0.2) is 5.43 Å². The average molecular weight is 596 g/mol. The Morgan fingerprint density at radius 3 is 2.66 bits per heavy atom. The summed E-state index contributed by atoms with van der Waals surface area (Å²) in [5.41, 5.74) is 4.91. The van der Waals surface area contributed by atoms with E-state index in [1.165, 1.54) is 23.9 Å². The number of anilines is 1. The molecule has 4 rings (SSSR count). The number of carbonyl (C=O) groups is 1. The molecule has 0 unspecified atom stereocenters. The van der Waals surface area contributed by atoms with E-state index in [0.717, 1.165) is 23.2 Å². The molecule has 0 aliphatic rings. The number of halogens is 1. The van der Waals surface area contributed by atoms with Gasteiger partial charge in [-0.1, -0.05) is 64.1 Å². The van der Waals surface area contributed by atoms with E-state index in [2.05, 4.69) is 42.0 Å². The van der Waals surface area contributed by atoms with Gasteiger partial charge in [-0.05, 0) is 36.8 Å². The fourth-order valence-corrected chi connectivity index (χ4v) is 4.70. The monoisotopic (exact) mass is 595 g/mol. The number of nitrogens with zero attached hydrogens (tertiary/aromatic N) is 5. The minimum atomic E-state index is -0.708. The maximum atomic E-state index is 12.4. The van der Waals surface area contributed by atoms with Crippen LogP contribution in [0.2, 0.25) is 0 Å². The highest BCUT2D eigenvalue weighted by atomic mass is 79.9. The Hall–Kier alpha value is -4.23. The van der Waals surface area contributed by atoms with Gasteiger partial charge in [0.25, 0.3) is 5.91 Å². The van der Waals surface area contributed by atoms with E-state index < -0.39 is 22.3 Å². The molecule has 11 nitrogen and oxygen atoms in total. The van der Waals surface area contributed by atoms with E-state index in [4.69, 9.17) is 0 Å². The number of aryl methyl sites for hydroxylation is 1. The molecule has 1 heterocycles. The molecule has 4 aromatic rings. The molecule has 38 heavy (non-hydrogen) atoms. The first-order chi connectivity index (χ1) is 18.3. The molecule has 0 radical (unpaired) electrons. The number of hydrazone groups is 1. The van der Waals surface area contributed by atoms with Crippen molar-refractivity contribution >= 4 is 51.2 Å². The molecule has 3 N–H and O–H groups in total. The van der Waals surface area contributed by atoms with Crippen LogP contribution in [-0.2, 0) is 11.3 Å². The third-order valence-corrected chi connectivity index (χ3v) is 6.69. The second kappa shape index (κ2) is 12.3. The van der Waals surface area contributed by atoms with Gasteiger partial charge < -0.3 is 10.4 Å². The highest BCUT2D eigenvalue weighted by Gasteiger charge is 2.18. The molecule has 0 aliphatic heterocycles. The van der Waals surface area contributed by atoms with Crippen molar-refractivity contribution < 1.29 is 14.8 Å². The van der Waals surface area contributed by atoms with Crippen LogP contribution in [0.1, 0.15) is 17.0 Å². The third-order valence-electron chi connectivity index (χ3n) is 5.30. The van der Waals surface area contributed by atoms with Gasteiger partial charge in [0.1, 0.15) is 0 Å². The Balaban J connectivity index is 1.44. The average Bonchev–Trinajstić information content (AvgIpc) is 3.32. The zero-order valence-electron chi connectivity index (χ0n) is 20.0. The normalized spacial score (nSPS) is 11.0. The third kappa shape index (κ3) is 6.55. The highest BCUT2D eigenvalue weighted by Crippen LogP contribution is 2.32. The van der Waals surface area contributed by atoms with Crippen LogP contribution in [-0.4, -0.2) is 42.7 Å². The number of aromatic hydroxyl groups is 1. The van der Waals surface area contributed by atoms with E-state index in [9.17, 15) is 20.0 Å². The molecule has 1 aromatic heterocycles. The zero-order valence-corrected chi connectivity index (χ0v) is 22.4. The number of aromatic nitrogens is 3. The minimum absolute atomic E-state index is 0.0157. The predicted octanol–water partition coefficient (Wildman–Crippen LogP) is 4.81. The number of carbonyl (C=O) groups excluding carboxylic acids is 1. The Morgan fingerprint density at radius 2 is 1.92 bits per heavy atom. The van der Waals surface area contributed by atoms with Gasteiger partial charge in [0.05, 0.1) is 23.4 Å². The summed E-state index contributed by atoms with van der Waals surface area (Å²) in [5.74, 6) is -0.323. The lowest BCUT2D eigenvalue weighted by Crippen LogP contribution is -2.20. The number of nitrogens with one attached hydrogen (secondary N) is 2. The molecular formula is C25H22BrN7O4S. The number of hydrogen-bond donors (Lipinski definition) is 3. The Kier molecular flexibility index (Phi) is 8.71. The lowest BCUT2D eigenvalue weighted by atomic mass is 10.2. The minimum Gasteiger partial charge on any atom is -0.502 e. The van der Waals surface area contributed by atoms with Crippen molar-refractivity contribution in [2.45, 2.75) is 18.6 Å². The fourth-order valence-electron chi connectivity index (χ4n) is 3.47. The van der Waals surface area contributed by atoms with Gasteiger partial charge in [-0.15, -0.1) is 10.2 Å². The summed E-state index contributed by atoms with van der Waals surface area (Å²) < 4.78 is 2.27. The highest BCUT2D eigenvalue weighted by molar-refractivity contribution is 9.10.